The highest BCUT2D eigenvalue weighted by Gasteiger charge is 2.19. The molecule has 0 aliphatic heterocycles. The molecule has 1 aromatic rings. The maximum Gasteiger partial charge on any atom is 0.250 e. The Labute approximate surface area is 110 Å². The van der Waals surface area contributed by atoms with Crippen LogP contribution < -0.4 is 4.72 Å². The molecule has 0 aliphatic rings. The largest absolute Gasteiger partial charge is 0.250 e. The van der Waals surface area contributed by atoms with Crippen LogP contribution in [0.25, 0.3) is 0 Å². The van der Waals surface area contributed by atoms with Crippen LogP contribution >= 0.6 is 23.1 Å². The first-order valence-electron chi connectivity index (χ1n) is 5.09. The van der Waals surface area contributed by atoms with E-state index in [1.165, 1.54) is 12.1 Å². The molecule has 0 fully saturated rings. The van der Waals surface area contributed by atoms with Crippen molar-refractivity contribution in [3.8, 4) is 6.07 Å². The molecule has 4 nitrogen and oxygen atoms in total. The second-order valence-corrected chi connectivity index (χ2v) is 7.76. The zero-order chi connectivity index (χ0) is 12.9. The number of sulfonamides is 1. The van der Waals surface area contributed by atoms with Crippen molar-refractivity contribution in [1.82, 2.24) is 4.72 Å². The van der Waals surface area contributed by atoms with Gasteiger partial charge in [0.05, 0.1) is 0 Å². The lowest BCUT2D eigenvalue weighted by Crippen LogP contribution is -2.33. The van der Waals surface area contributed by atoms with Crippen LogP contribution in [0.5, 0.6) is 0 Å². The molecule has 1 atom stereocenters. The predicted molar refractivity (Wildman–Crippen MR) is 71.8 cm³/mol. The summed E-state index contributed by atoms with van der Waals surface area (Å²) >= 11 is 2.67. The quantitative estimate of drug-likeness (QED) is 0.870. The smallest absolute Gasteiger partial charge is 0.207 e. The van der Waals surface area contributed by atoms with Gasteiger partial charge in [-0.15, -0.1) is 11.3 Å². The fourth-order valence-electron chi connectivity index (χ4n) is 1.18. The summed E-state index contributed by atoms with van der Waals surface area (Å²) in [5, 5.41) is 8.66. The van der Waals surface area contributed by atoms with Gasteiger partial charge in [-0.3, -0.25) is 0 Å². The van der Waals surface area contributed by atoms with Crippen molar-refractivity contribution >= 4 is 33.1 Å². The van der Waals surface area contributed by atoms with Crippen molar-refractivity contribution in [3.63, 3.8) is 0 Å². The van der Waals surface area contributed by atoms with Crippen molar-refractivity contribution in [3.05, 3.63) is 17.0 Å². The fourth-order valence-corrected chi connectivity index (χ4v) is 4.32. The standard InChI is InChI=1S/C10H14N2O2S3/c1-3-15-7-8(2)12-17(13,14)10-5-4-9(6-11)16-10/h4-5,8,12H,3,7H2,1-2H3. The van der Waals surface area contributed by atoms with E-state index >= 15 is 0 Å². The van der Waals surface area contributed by atoms with E-state index in [0.29, 0.717) is 4.88 Å². The summed E-state index contributed by atoms with van der Waals surface area (Å²) in [6.45, 7) is 3.86. The van der Waals surface area contributed by atoms with E-state index in [9.17, 15) is 8.42 Å². The van der Waals surface area contributed by atoms with Crippen LogP contribution in [0.3, 0.4) is 0 Å². The zero-order valence-electron chi connectivity index (χ0n) is 9.63. The lowest BCUT2D eigenvalue weighted by molar-refractivity contribution is 0.573. The molecule has 17 heavy (non-hydrogen) atoms. The van der Waals surface area contributed by atoms with Gasteiger partial charge >= 0.3 is 0 Å². The van der Waals surface area contributed by atoms with E-state index in [0.717, 1.165) is 22.8 Å². The maximum absolute atomic E-state index is 11.9. The molecule has 0 amide bonds. The average molecular weight is 290 g/mol. The lowest BCUT2D eigenvalue weighted by atomic mass is 10.4. The number of hydrogen-bond acceptors (Lipinski definition) is 5. The number of nitrogens with one attached hydrogen (secondary N) is 1. The minimum atomic E-state index is -3.48. The number of hydrogen-bond donors (Lipinski definition) is 1. The van der Waals surface area contributed by atoms with Crippen molar-refractivity contribution in [2.45, 2.75) is 24.1 Å². The van der Waals surface area contributed by atoms with Crippen LogP contribution in [0.2, 0.25) is 0 Å². The fraction of sp³-hybridized carbons (Fsp3) is 0.500. The molecule has 0 radical (unpaired) electrons. The first-order chi connectivity index (χ1) is 7.99. The van der Waals surface area contributed by atoms with Crippen molar-refractivity contribution in [2.24, 2.45) is 0 Å². The SMILES string of the molecule is CCSCC(C)NS(=O)(=O)c1ccc(C#N)s1. The molecule has 7 heteroatoms. The molecule has 1 N–H and O–H groups in total. The number of thiophene rings is 1. The van der Waals surface area contributed by atoms with E-state index in [4.69, 9.17) is 5.26 Å². The molecule has 1 unspecified atom stereocenters. The van der Waals surface area contributed by atoms with Crippen LogP contribution in [-0.2, 0) is 10.0 Å². The molecular weight excluding hydrogens is 276 g/mol. The summed E-state index contributed by atoms with van der Waals surface area (Å²) in [5.41, 5.74) is 0. The first-order valence-corrected chi connectivity index (χ1v) is 8.55. The van der Waals surface area contributed by atoms with E-state index in [-0.39, 0.29) is 10.3 Å². The van der Waals surface area contributed by atoms with E-state index in [1.807, 2.05) is 19.9 Å². The van der Waals surface area contributed by atoms with Crippen LogP contribution in [0.15, 0.2) is 16.3 Å². The second-order valence-electron chi connectivity index (χ2n) is 3.41. The van der Waals surface area contributed by atoms with Gasteiger partial charge in [0.15, 0.2) is 0 Å². The molecule has 0 saturated heterocycles. The van der Waals surface area contributed by atoms with Crippen LogP contribution in [0.4, 0.5) is 0 Å². The van der Waals surface area contributed by atoms with Gasteiger partial charge in [-0.2, -0.15) is 17.0 Å². The van der Waals surface area contributed by atoms with Gasteiger partial charge in [0, 0.05) is 11.8 Å². The van der Waals surface area contributed by atoms with Crippen molar-refractivity contribution in [1.29, 1.82) is 5.26 Å². The molecule has 0 spiro atoms. The van der Waals surface area contributed by atoms with Gasteiger partial charge in [0.2, 0.25) is 10.0 Å². The lowest BCUT2D eigenvalue weighted by Gasteiger charge is -2.12. The third-order valence-corrected chi connectivity index (χ3v) is 6.10. The second kappa shape index (κ2) is 6.40. The number of rotatable bonds is 6. The topological polar surface area (TPSA) is 70.0 Å². The highest BCUT2D eigenvalue weighted by molar-refractivity contribution is 7.99. The van der Waals surface area contributed by atoms with Crippen LogP contribution in [-0.4, -0.2) is 26.0 Å². The number of nitrogens with zero attached hydrogens (tertiary/aromatic N) is 1. The molecule has 1 aromatic heterocycles. The van der Waals surface area contributed by atoms with Crippen LogP contribution in [0, 0.1) is 11.3 Å². The molecule has 94 valence electrons. The Morgan fingerprint density at radius 1 is 1.59 bits per heavy atom. The van der Waals surface area contributed by atoms with Gasteiger partial charge in [0.1, 0.15) is 15.2 Å². The third kappa shape index (κ3) is 4.32. The Balaban J connectivity index is 2.72. The highest BCUT2D eigenvalue weighted by atomic mass is 32.2. The Kier molecular flexibility index (Phi) is 5.46. The van der Waals surface area contributed by atoms with Gasteiger partial charge in [0.25, 0.3) is 0 Å². The summed E-state index contributed by atoms with van der Waals surface area (Å²) in [5.74, 6) is 1.70. The molecule has 0 aliphatic carbocycles. The van der Waals surface area contributed by atoms with Gasteiger partial charge in [-0.25, -0.2) is 13.1 Å². The summed E-state index contributed by atoms with van der Waals surface area (Å²) in [7, 11) is -3.48. The Morgan fingerprint density at radius 2 is 2.29 bits per heavy atom. The highest BCUT2D eigenvalue weighted by Crippen LogP contribution is 2.21. The predicted octanol–water partition coefficient (Wildman–Crippen LogP) is 2.04. The number of thioether (sulfide) groups is 1. The maximum atomic E-state index is 11.9. The summed E-state index contributed by atoms with van der Waals surface area (Å²) in [6, 6.07) is 4.80. The number of nitriles is 1. The molecule has 1 rings (SSSR count). The Morgan fingerprint density at radius 3 is 2.82 bits per heavy atom. The van der Waals surface area contributed by atoms with Crippen molar-refractivity contribution in [2.75, 3.05) is 11.5 Å². The molecule has 1 heterocycles. The summed E-state index contributed by atoms with van der Waals surface area (Å²) < 4.78 is 26.6. The van der Waals surface area contributed by atoms with Gasteiger partial charge in [-0.1, -0.05) is 6.92 Å². The van der Waals surface area contributed by atoms with E-state index < -0.39 is 10.0 Å². The minimum absolute atomic E-state index is 0.113. The van der Waals surface area contributed by atoms with E-state index in [2.05, 4.69) is 4.72 Å². The Hall–Kier alpha value is -0.550. The summed E-state index contributed by atoms with van der Waals surface area (Å²) in [6.07, 6.45) is 0. The van der Waals surface area contributed by atoms with Crippen LogP contribution in [0.1, 0.15) is 18.7 Å². The monoisotopic (exact) mass is 290 g/mol. The molecule has 0 saturated carbocycles. The minimum Gasteiger partial charge on any atom is -0.207 e. The Bertz CT molecular complexity index is 502. The zero-order valence-corrected chi connectivity index (χ0v) is 12.1. The van der Waals surface area contributed by atoms with Crippen molar-refractivity contribution < 1.29 is 8.42 Å². The third-order valence-electron chi connectivity index (χ3n) is 1.88. The first kappa shape index (κ1) is 14.5. The molecule has 0 aromatic carbocycles. The summed E-state index contributed by atoms with van der Waals surface area (Å²) in [4.78, 5) is 0.404. The molecule has 0 bridgehead atoms. The van der Waals surface area contributed by atoms with Gasteiger partial charge in [-0.05, 0) is 24.8 Å². The normalized spacial score (nSPS) is 13.2. The average Bonchev–Trinajstić information content (AvgIpc) is 2.75. The van der Waals surface area contributed by atoms with Gasteiger partial charge < -0.3 is 0 Å². The van der Waals surface area contributed by atoms with E-state index in [1.54, 1.807) is 11.8 Å². The molecular formula is C10H14N2O2S3.